The number of carbonyl (C=O) groups excluding carboxylic acids is 1. The molecular weight excluding hydrogens is 410 g/mol. The number of ether oxygens (including phenoxy) is 3. The Kier molecular flexibility index (Phi) is 5.98. The van der Waals surface area contributed by atoms with Gasteiger partial charge in [-0.1, -0.05) is 15.9 Å². The molecule has 1 aromatic rings. The fourth-order valence-corrected chi connectivity index (χ4v) is 7.14. The van der Waals surface area contributed by atoms with E-state index in [0.29, 0.717) is 17.2 Å². The third-order valence-corrected chi connectivity index (χ3v) is 9.20. The Morgan fingerprint density at radius 2 is 2.04 bits per heavy atom. The molecular formula is C17H26BrNO5S. The second-order valence-corrected chi connectivity index (χ2v) is 11.6. The van der Waals surface area contributed by atoms with Crippen LogP contribution >= 0.6 is 15.9 Å². The Morgan fingerprint density at radius 1 is 1.40 bits per heavy atom. The molecule has 2 rings (SSSR count). The van der Waals surface area contributed by atoms with Gasteiger partial charge in [-0.25, -0.2) is 4.79 Å². The van der Waals surface area contributed by atoms with Crippen molar-refractivity contribution < 1.29 is 23.2 Å². The van der Waals surface area contributed by atoms with E-state index in [4.69, 9.17) is 14.2 Å². The highest BCUT2D eigenvalue weighted by atomic mass is 79.9. The van der Waals surface area contributed by atoms with E-state index in [1.807, 2.05) is 20.8 Å². The minimum absolute atomic E-state index is 0.0213. The Hall–Kier alpha value is -0.960. The number of nitrogens with one attached hydrogen (secondary N) is 1. The van der Waals surface area contributed by atoms with E-state index < -0.39 is 25.5 Å². The third-order valence-electron chi connectivity index (χ3n) is 4.20. The van der Waals surface area contributed by atoms with Crippen molar-refractivity contribution in [3.05, 3.63) is 22.7 Å². The number of rotatable bonds is 7. The van der Waals surface area contributed by atoms with Gasteiger partial charge in [-0.05, 0) is 55.8 Å². The van der Waals surface area contributed by atoms with Gasteiger partial charge in [0.1, 0.15) is 5.75 Å². The normalized spacial score (nSPS) is 20.9. The second kappa shape index (κ2) is 7.34. The molecule has 0 saturated carbocycles. The Balaban J connectivity index is 2.64. The average molecular weight is 436 g/mol. The van der Waals surface area contributed by atoms with Crippen molar-refractivity contribution in [1.82, 2.24) is 5.32 Å². The quantitative estimate of drug-likeness (QED) is 0.296. The maximum absolute atomic E-state index is 14.4. The minimum atomic E-state index is -3.32. The van der Waals surface area contributed by atoms with Gasteiger partial charge in [-0.3, -0.25) is 9.53 Å². The molecule has 142 valence electrons. The van der Waals surface area contributed by atoms with Crippen LogP contribution in [0.3, 0.4) is 0 Å². The molecule has 8 heteroatoms. The largest absolute Gasteiger partial charge is 0.466 e. The monoisotopic (exact) mass is 435 g/mol. The summed E-state index contributed by atoms with van der Waals surface area (Å²) in [6.07, 6.45) is 0. The van der Waals surface area contributed by atoms with Crippen molar-refractivity contribution in [2.24, 2.45) is 0 Å². The number of thiol groups is 1. The van der Waals surface area contributed by atoms with Crippen LogP contribution in [0, 0.1) is 0 Å². The van der Waals surface area contributed by atoms with Gasteiger partial charge in [-0.2, -0.15) is 0 Å². The molecule has 0 aromatic heterocycles. The molecule has 6 nitrogen and oxygen atoms in total. The van der Waals surface area contributed by atoms with Crippen LogP contribution in [-0.4, -0.2) is 46.9 Å². The van der Waals surface area contributed by atoms with Gasteiger partial charge in [0, 0.05) is 22.9 Å². The summed E-state index contributed by atoms with van der Waals surface area (Å²) in [6, 6.07) is 5.30. The molecule has 1 N–H and O–H groups in total. The molecule has 0 spiro atoms. The molecule has 0 aliphatic carbocycles. The van der Waals surface area contributed by atoms with E-state index in [-0.39, 0.29) is 13.4 Å². The zero-order valence-electron chi connectivity index (χ0n) is 15.2. The second-order valence-electron chi connectivity index (χ2n) is 6.88. The molecule has 0 radical (unpaired) electrons. The molecule has 1 atom stereocenters. The smallest absolute Gasteiger partial charge is 0.339 e. The molecule has 1 aliphatic heterocycles. The molecule has 1 aromatic carbocycles. The van der Waals surface area contributed by atoms with Crippen LogP contribution in [0.4, 0.5) is 0 Å². The minimum Gasteiger partial charge on any atom is -0.466 e. The Labute approximate surface area is 158 Å². The van der Waals surface area contributed by atoms with Crippen molar-refractivity contribution in [2.75, 3.05) is 27.1 Å². The number of methoxy groups -OCH3 is 1. The first-order chi connectivity index (χ1) is 11.6. The first-order valence-electron chi connectivity index (χ1n) is 8.08. The van der Waals surface area contributed by atoms with Crippen LogP contribution in [-0.2, 0) is 24.2 Å². The lowest BCUT2D eigenvalue weighted by Gasteiger charge is -2.41. The van der Waals surface area contributed by atoms with Crippen LogP contribution in [0.5, 0.6) is 5.75 Å². The van der Waals surface area contributed by atoms with Crippen molar-refractivity contribution in [2.45, 2.75) is 42.2 Å². The topological polar surface area (TPSA) is 83.8 Å². The zero-order chi connectivity index (χ0) is 18.9. The fourth-order valence-electron chi connectivity index (χ4n) is 2.96. The van der Waals surface area contributed by atoms with Crippen LogP contribution in [0.25, 0.3) is 0 Å². The number of hydrogen-bond donors (Lipinski definition) is 2. The van der Waals surface area contributed by atoms with Gasteiger partial charge in [-0.15, -0.1) is 0 Å². The number of hydrogen-bond acceptors (Lipinski definition) is 6. The van der Waals surface area contributed by atoms with Crippen LogP contribution in [0.15, 0.2) is 27.6 Å². The summed E-state index contributed by atoms with van der Waals surface area (Å²) in [4.78, 5) is 12.0. The highest BCUT2D eigenvalue weighted by Gasteiger charge is 2.65. The number of carbonyl (C=O) groups is 1. The Bertz CT molecular complexity index is 697. The summed E-state index contributed by atoms with van der Waals surface area (Å²) in [5, 5.41) is 3.04. The van der Waals surface area contributed by atoms with E-state index in [0.717, 1.165) is 4.47 Å². The summed E-state index contributed by atoms with van der Waals surface area (Å²) in [5.74, 6) is -0.0410. The van der Waals surface area contributed by atoms with Crippen LogP contribution in [0.2, 0.25) is 0 Å². The molecule has 1 fully saturated rings. The molecule has 0 amide bonds. The lowest BCUT2D eigenvalue weighted by atomic mass is 10.3. The molecule has 1 saturated heterocycles. The van der Waals surface area contributed by atoms with Gasteiger partial charge in [0.25, 0.3) is 0 Å². The van der Waals surface area contributed by atoms with Gasteiger partial charge in [0.2, 0.25) is 0 Å². The number of benzene rings is 1. The summed E-state index contributed by atoms with van der Waals surface area (Å²) < 4.78 is 30.4. The van der Waals surface area contributed by atoms with E-state index in [2.05, 4.69) is 21.2 Å². The SMILES string of the molecule is CCOC(=O)C1([SH](=O)(c2ccc(Br)cc2OCOC)C(C)(C)C)CN1. The van der Waals surface area contributed by atoms with Gasteiger partial charge in [0.15, 0.2) is 11.7 Å². The summed E-state index contributed by atoms with van der Waals surface area (Å²) >= 11 is 3.41. The summed E-state index contributed by atoms with van der Waals surface area (Å²) in [7, 11) is -1.80. The zero-order valence-corrected chi connectivity index (χ0v) is 17.7. The van der Waals surface area contributed by atoms with Crippen molar-refractivity contribution >= 4 is 31.8 Å². The average Bonchev–Trinajstić information content (AvgIpc) is 3.33. The molecule has 1 unspecified atom stereocenters. The number of esters is 1. The van der Waals surface area contributed by atoms with E-state index in [9.17, 15) is 9.00 Å². The molecule has 1 heterocycles. The Morgan fingerprint density at radius 3 is 2.52 bits per heavy atom. The predicted octanol–water partition coefficient (Wildman–Crippen LogP) is 2.47. The lowest BCUT2D eigenvalue weighted by molar-refractivity contribution is -0.143. The van der Waals surface area contributed by atoms with Crippen molar-refractivity contribution in [3.63, 3.8) is 0 Å². The maximum atomic E-state index is 14.4. The fraction of sp³-hybridized carbons (Fsp3) is 0.588. The maximum Gasteiger partial charge on any atom is 0.339 e. The van der Waals surface area contributed by atoms with Crippen LogP contribution < -0.4 is 10.1 Å². The number of halogens is 1. The van der Waals surface area contributed by atoms with Gasteiger partial charge >= 0.3 is 5.97 Å². The van der Waals surface area contributed by atoms with Crippen molar-refractivity contribution in [3.8, 4) is 5.75 Å². The molecule has 0 bridgehead atoms. The molecule has 25 heavy (non-hydrogen) atoms. The highest BCUT2D eigenvalue weighted by Crippen LogP contribution is 2.50. The molecule has 1 aliphatic rings. The van der Waals surface area contributed by atoms with Crippen LogP contribution in [0.1, 0.15) is 27.7 Å². The van der Waals surface area contributed by atoms with Gasteiger partial charge < -0.3 is 14.2 Å². The highest BCUT2D eigenvalue weighted by molar-refractivity contribution is 9.10. The van der Waals surface area contributed by atoms with E-state index in [1.165, 1.54) is 7.11 Å². The third kappa shape index (κ3) is 3.49. The van der Waals surface area contributed by atoms with E-state index in [1.54, 1.807) is 25.1 Å². The summed E-state index contributed by atoms with van der Waals surface area (Å²) in [6.45, 7) is 7.93. The van der Waals surface area contributed by atoms with E-state index >= 15 is 0 Å². The first-order valence-corrected chi connectivity index (χ1v) is 10.6. The first kappa shape index (κ1) is 20.4. The van der Waals surface area contributed by atoms with Crippen molar-refractivity contribution in [1.29, 1.82) is 0 Å². The predicted molar refractivity (Wildman–Crippen MR) is 102 cm³/mol. The lowest BCUT2D eigenvalue weighted by Crippen LogP contribution is -2.53. The summed E-state index contributed by atoms with van der Waals surface area (Å²) in [5.41, 5.74) is 0. The standard InChI is InChI=1S/C17H26BrNO5S/c1-6-23-15(20)17(10-19-17)25(21,16(2,3)4)14-8-7-12(18)9-13(14)24-11-22-5/h7-9,19,25H,6,10-11H2,1-5H3. The van der Waals surface area contributed by atoms with Gasteiger partial charge in [0.05, 0.1) is 11.5 Å².